The van der Waals surface area contributed by atoms with Crippen LogP contribution in [-0.4, -0.2) is 18.2 Å². The maximum Gasteiger partial charge on any atom is 0.214 e. The fraction of sp³-hybridized carbons (Fsp3) is 0. The zero-order chi connectivity index (χ0) is 12.9. The molecule has 0 radical (unpaired) electrons. The molecule has 18 heavy (non-hydrogen) atoms. The molecule has 0 fully saturated rings. The maximum atomic E-state index is 11.2. The van der Waals surface area contributed by atoms with Crippen molar-refractivity contribution in [2.24, 2.45) is 9.98 Å². The van der Waals surface area contributed by atoms with Crippen molar-refractivity contribution < 1.29 is 4.79 Å². The number of hydrogen-bond acceptors (Lipinski definition) is 3. The first-order chi connectivity index (χ1) is 8.89. The minimum Gasteiger partial charge on any atom is -0.286 e. The van der Waals surface area contributed by atoms with Crippen molar-refractivity contribution in [3.8, 4) is 0 Å². The Morgan fingerprint density at radius 2 is 0.889 bits per heavy atom. The van der Waals surface area contributed by atoms with Gasteiger partial charge in [-0.3, -0.25) is 14.8 Å². The van der Waals surface area contributed by atoms with Gasteiger partial charge < -0.3 is 0 Å². The first-order valence-electron chi connectivity index (χ1n) is 5.48. The summed E-state index contributed by atoms with van der Waals surface area (Å²) in [6.45, 7) is 0. The largest absolute Gasteiger partial charge is 0.286 e. The van der Waals surface area contributed by atoms with Gasteiger partial charge >= 0.3 is 0 Å². The van der Waals surface area contributed by atoms with E-state index in [0.29, 0.717) is 0 Å². The predicted molar refractivity (Wildman–Crippen MR) is 76.8 cm³/mol. The predicted octanol–water partition coefficient (Wildman–Crippen LogP) is 2.96. The average Bonchev–Trinajstić information content (AvgIpc) is 2.37. The summed E-state index contributed by atoms with van der Waals surface area (Å²) in [5, 5.41) is 0. The molecule has 0 aromatic rings. The SMILES string of the molecule is O=C1C=N\C=C/C=C\C=C/C=C\C=C\C=C/N=C1. The highest BCUT2D eigenvalue weighted by molar-refractivity contribution is 6.53. The summed E-state index contributed by atoms with van der Waals surface area (Å²) in [6, 6.07) is 0. The van der Waals surface area contributed by atoms with Crippen LogP contribution >= 0.6 is 0 Å². The zero-order valence-electron chi connectivity index (χ0n) is 9.89. The summed E-state index contributed by atoms with van der Waals surface area (Å²) in [4.78, 5) is 18.9. The summed E-state index contributed by atoms with van der Waals surface area (Å²) in [6.07, 6.45) is 24.1. The van der Waals surface area contributed by atoms with Crippen molar-refractivity contribution in [3.05, 3.63) is 73.2 Å². The Kier molecular flexibility index (Phi) is 7.25. The van der Waals surface area contributed by atoms with Crippen molar-refractivity contribution in [3.63, 3.8) is 0 Å². The quantitative estimate of drug-likeness (QED) is 0.639. The zero-order valence-corrected chi connectivity index (χ0v) is 9.89. The van der Waals surface area contributed by atoms with Crippen molar-refractivity contribution in [1.82, 2.24) is 0 Å². The average molecular weight is 238 g/mol. The Morgan fingerprint density at radius 1 is 0.556 bits per heavy atom. The molecule has 1 aliphatic heterocycles. The molecule has 1 rings (SSSR count). The Morgan fingerprint density at radius 3 is 1.28 bits per heavy atom. The maximum absolute atomic E-state index is 11.2. The van der Waals surface area contributed by atoms with Crippen molar-refractivity contribution in [1.29, 1.82) is 0 Å². The summed E-state index contributed by atoms with van der Waals surface area (Å²) < 4.78 is 0. The van der Waals surface area contributed by atoms with Gasteiger partial charge in [0.1, 0.15) is 0 Å². The second-order valence-corrected chi connectivity index (χ2v) is 3.18. The van der Waals surface area contributed by atoms with Crippen LogP contribution in [0.3, 0.4) is 0 Å². The standard InChI is InChI=1S/C15H14N2O/c18-15-13-16-11-9-7-5-3-1-2-4-6-8-10-12-17-14-15/h1-14H/b3-1-,4-2-,7-5-,8-6+,11-9-,12-10-,16-13?,17-14?. The van der Waals surface area contributed by atoms with Gasteiger partial charge in [-0.2, -0.15) is 0 Å². The molecular formula is C15H14N2O. The van der Waals surface area contributed by atoms with E-state index in [9.17, 15) is 4.79 Å². The van der Waals surface area contributed by atoms with Gasteiger partial charge in [-0.1, -0.05) is 48.6 Å². The molecule has 0 spiro atoms. The molecule has 0 atom stereocenters. The number of rotatable bonds is 0. The fourth-order valence-corrected chi connectivity index (χ4v) is 0.978. The molecule has 0 amide bonds. The number of allylic oxidation sites excluding steroid dienone is 10. The molecule has 0 saturated heterocycles. The molecule has 0 aromatic heterocycles. The number of ketones is 1. The Balaban J connectivity index is 2.75. The molecule has 90 valence electrons. The molecule has 0 aromatic carbocycles. The van der Waals surface area contributed by atoms with Gasteiger partial charge in [0.05, 0.1) is 12.4 Å². The lowest BCUT2D eigenvalue weighted by Crippen LogP contribution is -1.98. The van der Waals surface area contributed by atoms with Crippen LogP contribution in [0.5, 0.6) is 0 Å². The summed E-state index contributed by atoms with van der Waals surface area (Å²) in [5.41, 5.74) is 0. The van der Waals surface area contributed by atoms with E-state index in [-0.39, 0.29) is 5.78 Å². The van der Waals surface area contributed by atoms with Crippen LogP contribution in [0, 0.1) is 0 Å². The fourth-order valence-electron chi connectivity index (χ4n) is 0.978. The van der Waals surface area contributed by atoms with Crippen LogP contribution in [0.15, 0.2) is 83.1 Å². The molecule has 0 N–H and O–H groups in total. The third kappa shape index (κ3) is 7.70. The monoisotopic (exact) mass is 238 g/mol. The third-order valence-corrected chi connectivity index (χ3v) is 1.75. The van der Waals surface area contributed by atoms with E-state index in [1.54, 1.807) is 24.6 Å². The second-order valence-electron chi connectivity index (χ2n) is 3.18. The molecule has 3 nitrogen and oxygen atoms in total. The highest BCUT2D eigenvalue weighted by Crippen LogP contribution is 1.86. The number of Topliss-reactive ketones (excluding diaryl/α,β-unsaturated/α-hetero) is 1. The number of hydrogen-bond donors (Lipinski definition) is 0. The van der Waals surface area contributed by atoms with E-state index in [2.05, 4.69) is 9.98 Å². The normalized spacial score (nSPS) is 27.0. The molecule has 0 aliphatic carbocycles. The number of aliphatic imine (C=N–C) groups is 2. The van der Waals surface area contributed by atoms with Crippen LogP contribution in [0.2, 0.25) is 0 Å². The molecule has 1 aliphatic rings. The van der Waals surface area contributed by atoms with Gasteiger partial charge in [-0.15, -0.1) is 0 Å². The summed E-state index contributed by atoms with van der Waals surface area (Å²) in [5.74, 6) is -0.249. The Labute approximate surface area is 107 Å². The van der Waals surface area contributed by atoms with Gasteiger partial charge in [0, 0.05) is 12.4 Å². The van der Waals surface area contributed by atoms with Crippen molar-refractivity contribution in [2.45, 2.75) is 0 Å². The van der Waals surface area contributed by atoms with Crippen molar-refractivity contribution >= 4 is 18.2 Å². The highest BCUT2D eigenvalue weighted by Gasteiger charge is 1.86. The Hall–Kier alpha value is -2.55. The van der Waals surface area contributed by atoms with Crippen LogP contribution in [-0.2, 0) is 4.79 Å². The van der Waals surface area contributed by atoms with Gasteiger partial charge in [-0.05, 0) is 12.2 Å². The van der Waals surface area contributed by atoms with Gasteiger partial charge in [0.2, 0.25) is 5.78 Å². The van der Waals surface area contributed by atoms with Crippen LogP contribution < -0.4 is 0 Å². The number of carbonyl (C=O) groups excluding carboxylic acids is 1. The molecule has 0 bridgehead atoms. The van der Waals surface area contributed by atoms with Gasteiger partial charge in [-0.25, -0.2) is 0 Å². The minimum atomic E-state index is -0.249. The van der Waals surface area contributed by atoms with Crippen molar-refractivity contribution in [2.75, 3.05) is 0 Å². The van der Waals surface area contributed by atoms with E-state index >= 15 is 0 Å². The summed E-state index contributed by atoms with van der Waals surface area (Å²) >= 11 is 0. The van der Waals surface area contributed by atoms with Crippen LogP contribution in [0.4, 0.5) is 0 Å². The van der Waals surface area contributed by atoms with E-state index in [1.165, 1.54) is 12.4 Å². The molecular weight excluding hydrogens is 224 g/mol. The lowest BCUT2D eigenvalue weighted by atomic mass is 10.3. The Bertz CT molecular complexity index is 443. The van der Waals surface area contributed by atoms with Crippen LogP contribution in [0.1, 0.15) is 0 Å². The molecule has 0 unspecified atom stereocenters. The van der Waals surface area contributed by atoms with Gasteiger partial charge in [0.15, 0.2) is 0 Å². The lowest BCUT2D eigenvalue weighted by Gasteiger charge is -1.79. The van der Waals surface area contributed by atoms with E-state index < -0.39 is 0 Å². The van der Waals surface area contributed by atoms with Gasteiger partial charge in [0.25, 0.3) is 0 Å². The summed E-state index contributed by atoms with van der Waals surface area (Å²) in [7, 11) is 0. The third-order valence-electron chi connectivity index (χ3n) is 1.75. The topological polar surface area (TPSA) is 41.8 Å². The first-order valence-corrected chi connectivity index (χ1v) is 5.48. The van der Waals surface area contributed by atoms with E-state index in [4.69, 9.17) is 0 Å². The second kappa shape index (κ2) is 9.66. The smallest absolute Gasteiger partial charge is 0.214 e. The minimum absolute atomic E-state index is 0.249. The highest BCUT2D eigenvalue weighted by atomic mass is 16.1. The molecule has 3 heteroatoms. The number of carbonyl (C=O) groups is 1. The first kappa shape index (κ1) is 13.5. The molecule has 1 heterocycles. The van der Waals surface area contributed by atoms with E-state index in [1.807, 2.05) is 48.6 Å². The number of nitrogens with zero attached hydrogens (tertiary/aromatic N) is 2. The lowest BCUT2D eigenvalue weighted by molar-refractivity contribution is -0.106. The molecule has 0 saturated carbocycles. The van der Waals surface area contributed by atoms with Crippen LogP contribution in [0.25, 0.3) is 0 Å². The van der Waals surface area contributed by atoms with E-state index in [0.717, 1.165) is 0 Å².